The number of aromatic nitrogens is 4. The van der Waals surface area contributed by atoms with Crippen LogP contribution in [0.25, 0.3) is 16.6 Å². The number of ether oxygens (including phenoxy) is 1. The van der Waals surface area contributed by atoms with Gasteiger partial charge in [-0.15, -0.1) is 5.10 Å². The lowest BCUT2D eigenvalue weighted by molar-refractivity contribution is 0.190. The minimum Gasteiger partial charge on any atom is -0.383 e. The fourth-order valence-corrected chi connectivity index (χ4v) is 4.99. The monoisotopic (exact) mass is 457 g/mol. The molecule has 0 unspecified atom stereocenters. The molecular weight excluding hydrogens is 426 g/mol. The van der Waals surface area contributed by atoms with Crippen LogP contribution >= 0.6 is 0 Å². The summed E-state index contributed by atoms with van der Waals surface area (Å²) < 4.78 is 30.8. The summed E-state index contributed by atoms with van der Waals surface area (Å²) in [5.41, 5.74) is 3.86. The van der Waals surface area contributed by atoms with Crippen molar-refractivity contribution in [1.29, 1.82) is 0 Å². The number of methoxy groups -OCH3 is 1. The number of nitrogens with one attached hydrogen (secondary N) is 1. The molecular formula is C23H31N5O3S. The van der Waals surface area contributed by atoms with Crippen LogP contribution < -0.4 is 5.32 Å². The summed E-state index contributed by atoms with van der Waals surface area (Å²) in [7, 11) is -1.67. The van der Waals surface area contributed by atoms with Gasteiger partial charge in [-0.3, -0.25) is 0 Å². The number of fused-ring (bicyclic) bond motifs is 1. The van der Waals surface area contributed by atoms with Crippen LogP contribution in [0.3, 0.4) is 0 Å². The van der Waals surface area contributed by atoms with E-state index in [1.807, 2.05) is 17.6 Å². The second-order valence-corrected chi connectivity index (χ2v) is 10.9. The Kier molecular flexibility index (Phi) is 6.48. The molecule has 1 atom stereocenters. The summed E-state index contributed by atoms with van der Waals surface area (Å²) in [5.74, 6) is 1.74. The van der Waals surface area contributed by atoms with Gasteiger partial charge in [0, 0.05) is 48.3 Å². The van der Waals surface area contributed by atoms with Crippen LogP contribution in [0.5, 0.6) is 0 Å². The highest BCUT2D eigenvalue weighted by molar-refractivity contribution is 7.90. The van der Waals surface area contributed by atoms with Crippen molar-refractivity contribution in [1.82, 2.24) is 19.6 Å². The lowest BCUT2D eigenvalue weighted by atomic mass is 9.81. The van der Waals surface area contributed by atoms with Crippen LogP contribution in [0.15, 0.2) is 35.6 Å². The van der Waals surface area contributed by atoms with Gasteiger partial charge in [0.05, 0.1) is 18.3 Å². The van der Waals surface area contributed by atoms with Crippen molar-refractivity contribution in [3.05, 3.63) is 36.3 Å². The van der Waals surface area contributed by atoms with Crippen molar-refractivity contribution in [3.63, 3.8) is 0 Å². The molecule has 0 aromatic carbocycles. The van der Waals surface area contributed by atoms with Crippen molar-refractivity contribution in [2.45, 2.75) is 56.5 Å². The Morgan fingerprint density at radius 3 is 2.56 bits per heavy atom. The Hall–Kier alpha value is -2.52. The number of hydrogen-bond donors (Lipinski definition) is 1. The van der Waals surface area contributed by atoms with Gasteiger partial charge in [-0.1, -0.05) is 19.8 Å². The van der Waals surface area contributed by atoms with E-state index in [0.717, 1.165) is 41.7 Å². The summed E-state index contributed by atoms with van der Waals surface area (Å²) in [5, 5.41) is 8.19. The molecule has 172 valence electrons. The maximum atomic E-state index is 11.8. The molecule has 0 aliphatic heterocycles. The highest BCUT2D eigenvalue weighted by Crippen LogP contribution is 2.39. The molecule has 1 saturated carbocycles. The van der Waals surface area contributed by atoms with E-state index in [9.17, 15) is 8.42 Å². The molecule has 8 nitrogen and oxygen atoms in total. The third-order valence-electron chi connectivity index (χ3n) is 6.20. The summed E-state index contributed by atoms with van der Waals surface area (Å²) >= 11 is 0. The largest absolute Gasteiger partial charge is 0.383 e. The molecule has 1 aliphatic rings. The number of nitrogens with zero attached hydrogens (tertiary/aromatic N) is 4. The predicted molar refractivity (Wildman–Crippen MR) is 125 cm³/mol. The highest BCUT2D eigenvalue weighted by atomic mass is 32.2. The van der Waals surface area contributed by atoms with Crippen LogP contribution in [0.1, 0.15) is 51.1 Å². The number of pyridine rings is 1. The van der Waals surface area contributed by atoms with Crippen molar-refractivity contribution in [2.75, 3.05) is 25.3 Å². The molecule has 0 saturated heterocycles. The molecule has 3 aromatic heterocycles. The Labute approximate surface area is 189 Å². The molecule has 4 rings (SSSR count). The predicted octanol–water partition coefficient (Wildman–Crippen LogP) is 3.94. The van der Waals surface area contributed by atoms with Gasteiger partial charge in [-0.05, 0) is 43.9 Å². The molecule has 3 aromatic rings. The molecule has 1 aliphatic carbocycles. The summed E-state index contributed by atoms with van der Waals surface area (Å²) in [4.78, 5) is 8.71. The van der Waals surface area contributed by atoms with Crippen LogP contribution in [0, 0.1) is 5.92 Å². The standard InChI is InChI=1S/C23H31N5O3S/c1-15-5-7-17(8-6-15)20-11-19(18-9-10-22(24-12-18)32(4,29)30)21-13-25-23(27-28(20)21)26-16(2)14-31-3/h9-13,15-17H,5-8,14H2,1-4H3,(H,26,27)/t15?,16-,17?/m0/s1. The normalized spacial score (nSPS) is 20.4. The van der Waals surface area contributed by atoms with Gasteiger partial charge >= 0.3 is 0 Å². The average molecular weight is 458 g/mol. The van der Waals surface area contributed by atoms with Gasteiger partial charge in [-0.25, -0.2) is 22.9 Å². The molecule has 1 N–H and O–H groups in total. The van der Waals surface area contributed by atoms with E-state index in [-0.39, 0.29) is 11.1 Å². The third kappa shape index (κ3) is 4.78. The minimum absolute atomic E-state index is 0.0705. The number of rotatable bonds is 7. The number of anilines is 1. The average Bonchev–Trinajstić information content (AvgIpc) is 3.13. The zero-order valence-corrected chi connectivity index (χ0v) is 19.9. The second kappa shape index (κ2) is 9.15. The molecule has 0 spiro atoms. The zero-order valence-electron chi connectivity index (χ0n) is 19.1. The van der Waals surface area contributed by atoms with Crippen LogP contribution in [-0.4, -0.2) is 54.0 Å². The van der Waals surface area contributed by atoms with E-state index in [2.05, 4.69) is 28.3 Å². The fraction of sp³-hybridized carbons (Fsp3) is 0.522. The SMILES string of the molecule is COC[C@H](C)Nc1ncc2c(-c3ccc(S(C)(=O)=O)nc3)cc(C3CCC(C)CC3)n2n1. The van der Waals surface area contributed by atoms with E-state index < -0.39 is 9.84 Å². The molecule has 32 heavy (non-hydrogen) atoms. The third-order valence-corrected chi connectivity index (χ3v) is 7.20. The number of sulfone groups is 1. The minimum atomic E-state index is -3.34. The second-order valence-electron chi connectivity index (χ2n) is 8.98. The topological polar surface area (TPSA) is 98.5 Å². The van der Waals surface area contributed by atoms with Crippen LogP contribution in [0.4, 0.5) is 5.95 Å². The first-order valence-electron chi connectivity index (χ1n) is 11.1. The number of hydrogen-bond acceptors (Lipinski definition) is 7. The van der Waals surface area contributed by atoms with Crippen LogP contribution in [0.2, 0.25) is 0 Å². The van der Waals surface area contributed by atoms with Gasteiger partial charge < -0.3 is 10.1 Å². The van der Waals surface area contributed by atoms with Crippen molar-refractivity contribution < 1.29 is 13.2 Å². The van der Waals surface area contributed by atoms with Gasteiger partial charge in [0.1, 0.15) is 0 Å². The first-order chi connectivity index (χ1) is 15.3. The molecule has 3 heterocycles. The summed E-state index contributed by atoms with van der Waals surface area (Å²) in [6.07, 6.45) is 9.28. The van der Waals surface area contributed by atoms with E-state index in [1.165, 1.54) is 18.5 Å². The van der Waals surface area contributed by atoms with E-state index in [4.69, 9.17) is 9.84 Å². The van der Waals surface area contributed by atoms with Gasteiger partial charge in [0.2, 0.25) is 5.95 Å². The summed E-state index contributed by atoms with van der Waals surface area (Å²) in [6.45, 7) is 4.90. The maximum absolute atomic E-state index is 11.8. The van der Waals surface area contributed by atoms with E-state index in [0.29, 0.717) is 18.5 Å². The van der Waals surface area contributed by atoms with E-state index >= 15 is 0 Å². The molecule has 9 heteroatoms. The smallest absolute Gasteiger partial charge is 0.241 e. The first-order valence-corrected chi connectivity index (χ1v) is 13.0. The Morgan fingerprint density at radius 1 is 1.19 bits per heavy atom. The van der Waals surface area contributed by atoms with Crippen molar-refractivity contribution in [2.24, 2.45) is 5.92 Å². The fourth-order valence-electron chi connectivity index (χ4n) is 4.43. The molecule has 0 bridgehead atoms. The zero-order chi connectivity index (χ0) is 22.9. The maximum Gasteiger partial charge on any atom is 0.241 e. The lowest BCUT2D eigenvalue weighted by Gasteiger charge is -2.25. The van der Waals surface area contributed by atoms with Crippen LogP contribution in [-0.2, 0) is 14.6 Å². The van der Waals surface area contributed by atoms with Gasteiger partial charge in [0.25, 0.3) is 0 Å². The van der Waals surface area contributed by atoms with Gasteiger partial charge in [-0.2, -0.15) is 0 Å². The quantitative estimate of drug-likeness (QED) is 0.574. The molecule has 0 amide bonds. The molecule has 1 fully saturated rings. The Balaban J connectivity index is 1.77. The molecule has 0 radical (unpaired) electrons. The van der Waals surface area contributed by atoms with Crippen molar-refractivity contribution in [3.8, 4) is 11.1 Å². The summed E-state index contributed by atoms with van der Waals surface area (Å²) in [6, 6.07) is 5.61. The lowest BCUT2D eigenvalue weighted by Crippen LogP contribution is -2.23. The highest BCUT2D eigenvalue weighted by Gasteiger charge is 2.25. The van der Waals surface area contributed by atoms with E-state index in [1.54, 1.807) is 25.4 Å². The first kappa shape index (κ1) is 22.7. The Morgan fingerprint density at radius 2 is 1.94 bits per heavy atom. The van der Waals surface area contributed by atoms with Gasteiger partial charge in [0.15, 0.2) is 14.9 Å². The Bertz CT molecular complexity index is 1180. The van der Waals surface area contributed by atoms with Crippen molar-refractivity contribution >= 4 is 21.3 Å².